The van der Waals surface area contributed by atoms with Gasteiger partial charge in [0.25, 0.3) is 0 Å². The Morgan fingerprint density at radius 1 is 0.611 bits per heavy atom. The number of aromatic nitrogens is 7. The number of halogens is 2. The van der Waals surface area contributed by atoms with Crippen LogP contribution < -0.4 is 4.74 Å². The Bertz CT molecular complexity index is 3390. The quantitative estimate of drug-likeness (QED) is 0.127. The van der Waals surface area contributed by atoms with Crippen LogP contribution in [0.25, 0.3) is 45.1 Å². The molecule has 0 bridgehead atoms. The third-order valence-electron chi connectivity index (χ3n) is 13.1. The van der Waals surface area contributed by atoms with Crippen molar-refractivity contribution in [1.29, 1.82) is 0 Å². The van der Waals surface area contributed by atoms with Gasteiger partial charge in [-0.05, 0) is 135 Å². The van der Waals surface area contributed by atoms with Gasteiger partial charge in [0.05, 0.1) is 27.5 Å². The fraction of sp³-hybridized carbons (Fsp3) is 0.352. The van der Waals surface area contributed by atoms with Gasteiger partial charge in [0.2, 0.25) is 26.0 Å². The highest BCUT2D eigenvalue weighted by molar-refractivity contribution is 7.89. The largest absolute Gasteiger partial charge is 0.493 e. The number of hydrogen-bond donors (Lipinski definition) is 0. The third kappa shape index (κ3) is 10.4. The number of fused-ring (bicyclic) bond motifs is 3. The topological polar surface area (TPSA) is 158 Å². The zero-order valence-corrected chi connectivity index (χ0v) is 43.2. The monoisotopic (exact) mass is 1020 g/mol. The summed E-state index contributed by atoms with van der Waals surface area (Å²) < 4.78 is 95.0. The van der Waals surface area contributed by atoms with Crippen LogP contribution in [0.4, 0.5) is 8.78 Å². The zero-order chi connectivity index (χ0) is 51.2. The lowest BCUT2D eigenvalue weighted by Crippen LogP contribution is -2.39. The molecule has 378 valence electrons. The second kappa shape index (κ2) is 22.5. The molecule has 3 aromatic carbocycles. The standard InChI is InChI=1S/C26H25FN4O3S.C24H24FN5O2S.2C2H6/c1-17-4-6-21(22(27)15-17)25-29-23-3-2-11-28-26(23)31(25)19-8-12-30(13-9-19)35(32,33)20-5-7-24-18(16-20)10-14-34-24;1-2-17-7-9-19(10-8-17)33(31,32)29-15-11-18(12-16-29)30-23(20-5-3-13-26-22(20)25)28-21-6-4-14-27-24(21)30;2*1-2/h2-7,11,15-16,19H,8-10,12-14H2,1H3;3-10,13-14,18H,2,11-12,15-16H2,1H3;2*1-2H3. The molecule has 0 amide bonds. The minimum absolute atomic E-state index is 0.0505. The van der Waals surface area contributed by atoms with E-state index < -0.39 is 26.0 Å². The molecule has 18 heteroatoms. The maximum atomic E-state index is 14.9. The predicted octanol–water partition coefficient (Wildman–Crippen LogP) is 10.8. The van der Waals surface area contributed by atoms with Crippen LogP contribution >= 0.6 is 0 Å². The number of ether oxygens (including phenoxy) is 1. The maximum absolute atomic E-state index is 14.9. The van der Waals surface area contributed by atoms with E-state index in [0.717, 1.165) is 35.3 Å². The summed E-state index contributed by atoms with van der Waals surface area (Å²) >= 11 is 0. The molecule has 2 saturated heterocycles. The number of aryl methyl sites for hydroxylation is 2. The lowest BCUT2D eigenvalue weighted by atomic mass is 10.1. The minimum atomic E-state index is -3.61. The van der Waals surface area contributed by atoms with Crippen molar-refractivity contribution in [2.24, 2.45) is 0 Å². The van der Waals surface area contributed by atoms with Gasteiger partial charge in [0.1, 0.15) is 34.2 Å². The van der Waals surface area contributed by atoms with Crippen LogP contribution in [0.2, 0.25) is 0 Å². The fourth-order valence-corrected chi connectivity index (χ4v) is 12.5. The van der Waals surface area contributed by atoms with E-state index in [9.17, 15) is 25.6 Å². The van der Waals surface area contributed by atoms with Crippen molar-refractivity contribution in [2.45, 2.75) is 102 Å². The molecule has 0 N–H and O–H groups in total. The number of pyridine rings is 3. The molecule has 2 fully saturated rings. The van der Waals surface area contributed by atoms with Crippen molar-refractivity contribution in [1.82, 2.24) is 42.7 Å². The van der Waals surface area contributed by atoms with Crippen molar-refractivity contribution in [3.63, 3.8) is 0 Å². The molecule has 0 saturated carbocycles. The molecule has 0 aliphatic carbocycles. The summed E-state index contributed by atoms with van der Waals surface area (Å²) in [4.78, 5) is 22.8. The maximum Gasteiger partial charge on any atom is 0.243 e. The average molecular weight is 1020 g/mol. The number of piperidine rings is 2. The molecule has 0 spiro atoms. The van der Waals surface area contributed by atoms with Crippen molar-refractivity contribution < 1.29 is 30.4 Å². The molecule has 0 atom stereocenters. The van der Waals surface area contributed by atoms with Gasteiger partial charge in [-0.25, -0.2) is 46.1 Å². The van der Waals surface area contributed by atoms with E-state index in [4.69, 9.17) is 9.72 Å². The van der Waals surface area contributed by atoms with E-state index >= 15 is 0 Å². The van der Waals surface area contributed by atoms with E-state index in [0.29, 0.717) is 113 Å². The van der Waals surface area contributed by atoms with Gasteiger partial charge in [-0.3, -0.25) is 0 Å². The Morgan fingerprint density at radius 3 is 1.67 bits per heavy atom. The summed E-state index contributed by atoms with van der Waals surface area (Å²) in [6.45, 7) is 13.9. The number of sulfonamides is 2. The van der Waals surface area contributed by atoms with E-state index in [1.807, 2.05) is 87.1 Å². The molecule has 3 aliphatic heterocycles. The minimum Gasteiger partial charge on any atom is -0.493 e. The molecule has 3 aliphatic rings. The molecular weight excluding hydrogens is 957 g/mol. The smallest absolute Gasteiger partial charge is 0.243 e. The molecule has 0 unspecified atom stereocenters. The van der Waals surface area contributed by atoms with Crippen LogP contribution in [0, 0.1) is 18.7 Å². The Kier molecular flexibility index (Phi) is 16.2. The van der Waals surface area contributed by atoms with Gasteiger partial charge in [0.15, 0.2) is 11.3 Å². The van der Waals surface area contributed by atoms with E-state index in [-0.39, 0.29) is 17.9 Å². The van der Waals surface area contributed by atoms with E-state index in [2.05, 4.69) is 19.9 Å². The summed E-state index contributed by atoms with van der Waals surface area (Å²) in [5.74, 6) is 0.826. The predicted molar refractivity (Wildman–Crippen MR) is 277 cm³/mol. The Labute approximate surface area is 420 Å². The SMILES string of the molecule is CC.CC.CCc1ccc(S(=O)(=O)N2CCC(n3c(-c4cccnc4F)nc4cccnc43)CC2)cc1.Cc1ccc(-c2nc3cccnc3n2C2CCN(S(=O)(=O)c3ccc4c(c3)CCO4)CC2)c(F)c1. The van der Waals surface area contributed by atoms with Crippen molar-refractivity contribution in [2.75, 3.05) is 32.8 Å². The van der Waals surface area contributed by atoms with E-state index in [1.165, 1.54) is 16.6 Å². The number of nitrogens with zero attached hydrogens (tertiary/aromatic N) is 9. The molecule has 0 radical (unpaired) electrons. The zero-order valence-electron chi connectivity index (χ0n) is 41.5. The molecule has 8 heterocycles. The van der Waals surface area contributed by atoms with Crippen molar-refractivity contribution >= 4 is 42.4 Å². The summed E-state index contributed by atoms with van der Waals surface area (Å²) in [7, 11) is -7.18. The number of rotatable bonds is 9. The molecular formula is C54H61F2N9O5S2. The van der Waals surface area contributed by atoms with Crippen LogP contribution in [0.1, 0.15) is 89.1 Å². The van der Waals surface area contributed by atoms with Crippen LogP contribution in [0.5, 0.6) is 5.75 Å². The summed E-state index contributed by atoms with van der Waals surface area (Å²) in [5, 5.41) is 0. The lowest BCUT2D eigenvalue weighted by Gasteiger charge is -2.32. The highest BCUT2D eigenvalue weighted by Gasteiger charge is 2.35. The Morgan fingerprint density at radius 2 is 1.12 bits per heavy atom. The molecule has 14 nitrogen and oxygen atoms in total. The average Bonchev–Trinajstić information content (AvgIpc) is 4.16. The van der Waals surface area contributed by atoms with Gasteiger partial charge < -0.3 is 13.9 Å². The third-order valence-corrected chi connectivity index (χ3v) is 16.9. The lowest BCUT2D eigenvalue weighted by molar-refractivity contribution is 0.277. The van der Waals surface area contributed by atoms with Gasteiger partial charge in [-0.1, -0.05) is 52.8 Å². The van der Waals surface area contributed by atoms with Crippen LogP contribution in [0.15, 0.2) is 125 Å². The first-order chi connectivity index (χ1) is 34.9. The van der Waals surface area contributed by atoms with Gasteiger partial charge >= 0.3 is 0 Å². The number of benzene rings is 3. The summed E-state index contributed by atoms with van der Waals surface area (Å²) in [6, 6.07) is 27.8. The Hall–Kier alpha value is -6.47. The molecule has 8 aromatic rings. The van der Waals surface area contributed by atoms with Crippen LogP contribution in [-0.4, -0.2) is 92.3 Å². The van der Waals surface area contributed by atoms with Gasteiger partial charge in [-0.15, -0.1) is 0 Å². The number of imidazole rings is 2. The van der Waals surface area contributed by atoms with Crippen molar-refractivity contribution in [3.8, 4) is 28.5 Å². The van der Waals surface area contributed by atoms with Crippen molar-refractivity contribution in [3.05, 3.63) is 144 Å². The molecule has 5 aromatic heterocycles. The summed E-state index contributed by atoms with van der Waals surface area (Å²) in [5.41, 5.74) is 6.30. The summed E-state index contributed by atoms with van der Waals surface area (Å²) in [6.07, 6.45) is 8.67. The molecule has 11 rings (SSSR count). The highest BCUT2D eigenvalue weighted by Crippen LogP contribution is 2.37. The normalized spacial score (nSPS) is 15.7. The first-order valence-electron chi connectivity index (χ1n) is 24.8. The van der Waals surface area contributed by atoms with Crippen LogP contribution in [0.3, 0.4) is 0 Å². The molecule has 72 heavy (non-hydrogen) atoms. The van der Waals surface area contributed by atoms with Crippen LogP contribution in [-0.2, 0) is 32.9 Å². The Balaban J connectivity index is 0.000000181. The first-order valence-corrected chi connectivity index (χ1v) is 27.7. The second-order valence-electron chi connectivity index (χ2n) is 17.3. The highest BCUT2D eigenvalue weighted by atomic mass is 32.2. The van der Waals surface area contributed by atoms with Gasteiger partial charge in [-0.2, -0.15) is 13.0 Å². The second-order valence-corrected chi connectivity index (χ2v) is 21.1. The number of hydrogen-bond acceptors (Lipinski definition) is 10. The van der Waals surface area contributed by atoms with E-state index in [1.54, 1.807) is 71.3 Å². The first kappa shape index (κ1) is 51.9. The fourth-order valence-electron chi connectivity index (χ4n) is 9.49. The van der Waals surface area contributed by atoms with Gasteiger partial charge in [0, 0.05) is 63.3 Å².